The van der Waals surface area contributed by atoms with E-state index in [0.29, 0.717) is 0 Å². The second-order valence-electron chi connectivity index (χ2n) is 2.61. The average molecular weight is 190 g/mol. The lowest BCUT2D eigenvalue weighted by Gasteiger charge is -2.02. The van der Waals surface area contributed by atoms with Gasteiger partial charge < -0.3 is 11.1 Å². The Labute approximate surface area is 78.5 Å². The van der Waals surface area contributed by atoms with Crippen LogP contribution in [0.4, 0.5) is 0 Å². The van der Waals surface area contributed by atoms with Gasteiger partial charge in [-0.3, -0.25) is 4.79 Å². The molecule has 0 aliphatic rings. The summed E-state index contributed by atoms with van der Waals surface area (Å²) < 4.78 is 0. The van der Waals surface area contributed by atoms with Gasteiger partial charge in [-0.25, -0.2) is 0 Å². The fourth-order valence-corrected chi connectivity index (χ4v) is 1.34. The number of nitrogens with one attached hydrogen (secondary N) is 1. The zero-order valence-corrected chi connectivity index (χ0v) is 8.45. The van der Waals surface area contributed by atoms with Gasteiger partial charge in [0.2, 0.25) is 5.91 Å². The van der Waals surface area contributed by atoms with Gasteiger partial charge in [0.15, 0.2) is 0 Å². The van der Waals surface area contributed by atoms with Gasteiger partial charge in [0.25, 0.3) is 0 Å². The molecule has 0 rings (SSSR count). The molecule has 0 aromatic heterocycles. The van der Waals surface area contributed by atoms with Crippen LogP contribution in [0.2, 0.25) is 0 Å². The molecule has 0 aliphatic carbocycles. The molecule has 72 valence electrons. The maximum atomic E-state index is 10.7. The molecule has 3 nitrogen and oxygen atoms in total. The summed E-state index contributed by atoms with van der Waals surface area (Å²) in [5.74, 6) is 1.16. The van der Waals surface area contributed by atoms with Crippen LogP contribution in [0.15, 0.2) is 0 Å². The summed E-state index contributed by atoms with van der Waals surface area (Å²) in [5.41, 5.74) is 5.12. The molecule has 0 saturated carbocycles. The summed E-state index contributed by atoms with van der Waals surface area (Å²) in [7, 11) is 0. The first-order valence-corrected chi connectivity index (χ1v) is 5.66. The van der Waals surface area contributed by atoms with E-state index in [1.165, 1.54) is 18.6 Å². The normalized spacial score (nSPS) is 9.83. The highest BCUT2D eigenvalue weighted by Crippen LogP contribution is 2.00. The van der Waals surface area contributed by atoms with Crippen LogP contribution >= 0.6 is 11.8 Å². The predicted molar refractivity (Wildman–Crippen MR) is 54.3 cm³/mol. The smallest absolute Gasteiger partial charge is 0.233 e. The van der Waals surface area contributed by atoms with Gasteiger partial charge in [-0.2, -0.15) is 11.8 Å². The van der Waals surface area contributed by atoms with Crippen LogP contribution in [0.25, 0.3) is 0 Å². The molecule has 0 aromatic rings. The summed E-state index contributed by atoms with van der Waals surface area (Å²) in [4.78, 5) is 10.7. The first-order chi connectivity index (χ1) is 5.81. The summed E-state index contributed by atoms with van der Waals surface area (Å²) in [6, 6.07) is 0. The van der Waals surface area contributed by atoms with Gasteiger partial charge in [-0.1, -0.05) is 6.42 Å². The lowest BCUT2D eigenvalue weighted by atomic mass is 10.2. The molecule has 0 saturated heterocycles. The van der Waals surface area contributed by atoms with Gasteiger partial charge >= 0.3 is 0 Å². The molecule has 12 heavy (non-hydrogen) atoms. The zero-order valence-electron chi connectivity index (χ0n) is 7.64. The summed E-state index contributed by atoms with van der Waals surface area (Å²) in [6.07, 6.45) is 5.59. The van der Waals surface area contributed by atoms with Gasteiger partial charge in [-0.05, 0) is 24.9 Å². The third-order valence-corrected chi connectivity index (χ3v) is 2.23. The number of hydrogen-bond donors (Lipinski definition) is 2. The van der Waals surface area contributed by atoms with Crippen LogP contribution in [0.3, 0.4) is 0 Å². The van der Waals surface area contributed by atoms with E-state index >= 15 is 0 Å². The predicted octanol–water partition coefficient (Wildman–Crippen LogP) is 0.595. The summed E-state index contributed by atoms with van der Waals surface area (Å²) >= 11 is 1.86. The molecular formula is C8H18N2OS. The van der Waals surface area contributed by atoms with Crippen LogP contribution in [0.1, 0.15) is 19.3 Å². The zero-order chi connectivity index (χ0) is 9.23. The van der Waals surface area contributed by atoms with Crippen molar-refractivity contribution in [1.82, 2.24) is 5.32 Å². The second-order valence-corrected chi connectivity index (χ2v) is 3.59. The van der Waals surface area contributed by atoms with E-state index in [9.17, 15) is 4.79 Å². The fourth-order valence-electron chi connectivity index (χ4n) is 0.848. The van der Waals surface area contributed by atoms with Crippen LogP contribution < -0.4 is 11.1 Å². The minimum absolute atomic E-state index is 0.0557. The van der Waals surface area contributed by atoms with Crippen LogP contribution in [-0.2, 0) is 4.79 Å². The Kier molecular flexibility index (Phi) is 8.71. The molecule has 4 heteroatoms. The molecule has 0 aliphatic heterocycles. The second kappa shape index (κ2) is 8.87. The van der Waals surface area contributed by atoms with E-state index in [-0.39, 0.29) is 12.5 Å². The van der Waals surface area contributed by atoms with Crippen molar-refractivity contribution in [2.24, 2.45) is 5.73 Å². The highest BCUT2D eigenvalue weighted by atomic mass is 32.2. The molecule has 0 spiro atoms. The Morgan fingerprint density at radius 1 is 1.42 bits per heavy atom. The maximum absolute atomic E-state index is 10.7. The topological polar surface area (TPSA) is 55.1 Å². The Morgan fingerprint density at radius 2 is 2.17 bits per heavy atom. The van der Waals surface area contributed by atoms with Crippen LogP contribution in [-0.4, -0.2) is 31.0 Å². The van der Waals surface area contributed by atoms with E-state index in [2.05, 4.69) is 11.6 Å². The average Bonchev–Trinajstić information content (AvgIpc) is 2.10. The van der Waals surface area contributed by atoms with Crippen molar-refractivity contribution in [2.75, 3.05) is 25.1 Å². The Morgan fingerprint density at radius 3 is 2.75 bits per heavy atom. The number of thioether (sulfide) groups is 1. The van der Waals surface area contributed by atoms with E-state index < -0.39 is 0 Å². The van der Waals surface area contributed by atoms with Crippen molar-refractivity contribution in [2.45, 2.75) is 19.3 Å². The largest absolute Gasteiger partial charge is 0.355 e. The molecule has 0 bridgehead atoms. The fraction of sp³-hybridized carbons (Fsp3) is 0.875. The highest BCUT2D eigenvalue weighted by Gasteiger charge is 1.94. The van der Waals surface area contributed by atoms with Gasteiger partial charge in [-0.15, -0.1) is 0 Å². The van der Waals surface area contributed by atoms with E-state index in [1.54, 1.807) is 0 Å². The summed E-state index contributed by atoms with van der Waals surface area (Å²) in [6.45, 7) is 0.870. The quantitative estimate of drug-likeness (QED) is 0.578. The van der Waals surface area contributed by atoms with Crippen LogP contribution in [0.5, 0.6) is 0 Å². The van der Waals surface area contributed by atoms with Crippen molar-refractivity contribution in [3.05, 3.63) is 0 Å². The molecule has 0 radical (unpaired) electrons. The lowest BCUT2D eigenvalue weighted by molar-refractivity contribution is -0.119. The number of unbranched alkanes of at least 4 members (excludes halogenated alkanes) is 2. The monoisotopic (exact) mass is 190 g/mol. The molecule has 3 N–H and O–H groups in total. The number of rotatable bonds is 7. The van der Waals surface area contributed by atoms with Crippen molar-refractivity contribution in [3.63, 3.8) is 0 Å². The first-order valence-electron chi connectivity index (χ1n) is 4.27. The minimum Gasteiger partial charge on any atom is -0.355 e. The maximum Gasteiger partial charge on any atom is 0.233 e. The molecule has 0 atom stereocenters. The van der Waals surface area contributed by atoms with Gasteiger partial charge in [0.1, 0.15) is 0 Å². The summed E-state index contributed by atoms with van der Waals surface area (Å²) in [5, 5.41) is 2.74. The molecule has 1 amide bonds. The van der Waals surface area contributed by atoms with Gasteiger partial charge in [0.05, 0.1) is 6.54 Å². The number of nitrogens with two attached hydrogens (primary N) is 1. The van der Waals surface area contributed by atoms with E-state index in [0.717, 1.165) is 13.0 Å². The number of carbonyl (C=O) groups excluding carboxylic acids is 1. The third-order valence-electron chi connectivity index (χ3n) is 1.53. The minimum atomic E-state index is -0.0557. The van der Waals surface area contributed by atoms with E-state index in [4.69, 9.17) is 5.73 Å². The molecular weight excluding hydrogens is 172 g/mol. The Hall–Kier alpha value is -0.220. The Bertz CT molecular complexity index is 120. The standard InChI is InChI=1S/C8H18N2OS/c1-12-6-4-2-3-5-10-8(11)7-9/h2-7,9H2,1H3,(H,10,11). The molecule has 0 unspecified atom stereocenters. The lowest BCUT2D eigenvalue weighted by Crippen LogP contribution is -2.30. The van der Waals surface area contributed by atoms with Crippen molar-refractivity contribution < 1.29 is 4.79 Å². The van der Waals surface area contributed by atoms with Crippen molar-refractivity contribution >= 4 is 17.7 Å². The van der Waals surface area contributed by atoms with Gasteiger partial charge in [0, 0.05) is 6.54 Å². The SMILES string of the molecule is CSCCCCCNC(=O)CN. The van der Waals surface area contributed by atoms with Crippen molar-refractivity contribution in [3.8, 4) is 0 Å². The highest BCUT2D eigenvalue weighted by molar-refractivity contribution is 7.98. The molecule has 0 fully saturated rings. The number of hydrogen-bond acceptors (Lipinski definition) is 3. The molecule has 0 aromatic carbocycles. The Balaban J connectivity index is 2.95. The number of amides is 1. The third kappa shape index (κ3) is 7.88. The van der Waals surface area contributed by atoms with E-state index in [1.807, 2.05) is 11.8 Å². The number of carbonyl (C=O) groups is 1. The molecule has 0 heterocycles. The van der Waals surface area contributed by atoms with Crippen LogP contribution in [0, 0.1) is 0 Å². The van der Waals surface area contributed by atoms with Crippen molar-refractivity contribution in [1.29, 1.82) is 0 Å². The first kappa shape index (κ1) is 11.8.